The van der Waals surface area contributed by atoms with E-state index in [2.05, 4.69) is 9.64 Å². The molecule has 0 aromatic rings. The Labute approximate surface area is 128 Å². The number of hydrogen-bond acceptors (Lipinski definition) is 5. The lowest BCUT2D eigenvalue weighted by molar-refractivity contribution is -0.141. The van der Waals surface area contributed by atoms with E-state index in [0.717, 1.165) is 25.9 Å². The zero-order valence-corrected chi connectivity index (χ0v) is 13.6. The number of esters is 1. The summed E-state index contributed by atoms with van der Waals surface area (Å²) < 4.78 is 16.9. The molecule has 1 amide bonds. The number of carbonyl (C=O) groups excluding carboxylic acids is 2. The van der Waals surface area contributed by atoms with Crippen molar-refractivity contribution in [2.24, 2.45) is 5.41 Å². The summed E-state index contributed by atoms with van der Waals surface area (Å²) >= 11 is 0. The molecule has 2 rings (SSSR count). The molecule has 21 heavy (non-hydrogen) atoms. The fourth-order valence-corrected chi connectivity index (χ4v) is 4.24. The summed E-state index contributed by atoms with van der Waals surface area (Å²) in [5, 5.41) is 0. The number of rotatable bonds is 6. The van der Waals surface area contributed by atoms with Gasteiger partial charge >= 0.3 is 5.97 Å². The average molecular weight is 316 g/mol. The van der Waals surface area contributed by atoms with Crippen LogP contribution in [-0.2, 0) is 25.1 Å². The fraction of sp³-hybridized carbons (Fsp3) is 0.857. The lowest BCUT2D eigenvalue weighted by atomic mass is 10.1. The smallest absolute Gasteiger partial charge is 0.306 e. The second kappa shape index (κ2) is 6.87. The molecule has 0 aromatic carbocycles. The van der Waals surface area contributed by atoms with Gasteiger partial charge in [0.05, 0.1) is 13.5 Å². The van der Waals surface area contributed by atoms with Gasteiger partial charge in [-0.3, -0.25) is 13.8 Å². The highest BCUT2D eigenvalue weighted by Gasteiger charge is 2.46. The molecule has 1 saturated carbocycles. The molecule has 0 radical (unpaired) electrons. The van der Waals surface area contributed by atoms with Crippen LogP contribution < -0.4 is 0 Å². The maximum Gasteiger partial charge on any atom is 0.306 e. The van der Waals surface area contributed by atoms with Crippen LogP contribution in [0.5, 0.6) is 0 Å². The van der Waals surface area contributed by atoms with Crippen LogP contribution in [0, 0.1) is 5.41 Å². The third-order valence-corrected chi connectivity index (χ3v) is 5.82. The summed E-state index contributed by atoms with van der Waals surface area (Å²) in [5.41, 5.74) is -0.180. The number of likely N-dealkylation sites (N-methyl/N-ethyl adjacent to an activating group) is 1. The molecule has 1 atom stereocenters. The Balaban J connectivity index is 1.76. The van der Waals surface area contributed by atoms with Crippen molar-refractivity contribution in [1.29, 1.82) is 0 Å². The van der Waals surface area contributed by atoms with E-state index in [1.54, 1.807) is 4.90 Å². The highest BCUT2D eigenvalue weighted by atomic mass is 32.2. The van der Waals surface area contributed by atoms with Gasteiger partial charge < -0.3 is 14.5 Å². The summed E-state index contributed by atoms with van der Waals surface area (Å²) in [4.78, 5) is 27.4. The average Bonchev–Trinajstić information content (AvgIpc) is 3.18. The highest BCUT2D eigenvalue weighted by Crippen LogP contribution is 2.49. The first-order valence-electron chi connectivity index (χ1n) is 7.32. The second-order valence-electron chi connectivity index (χ2n) is 6.17. The van der Waals surface area contributed by atoms with Gasteiger partial charge in [-0.25, -0.2) is 0 Å². The highest BCUT2D eigenvalue weighted by molar-refractivity contribution is 7.85. The number of piperazine rings is 1. The van der Waals surface area contributed by atoms with E-state index in [4.69, 9.17) is 0 Å². The van der Waals surface area contributed by atoms with E-state index in [0.29, 0.717) is 25.3 Å². The number of methoxy groups -OCH3 is 1. The van der Waals surface area contributed by atoms with Gasteiger partial charge in [0.15, 0.2) is 0 Å². The quantitative estimate of drug-likeness (QED) is 0.638. The number of hydrogen-bond donors (Lipinski definition) is 0. The molecular weight excluding hydrogens is 292 g/mol. The third kappa shape index (κ3) is 4.78. The molecule has 7 heteroatoms. The second-order valence-corrected chi connectivity index (χ2v) is 7.62. The third-order valence-electron chi connectivity index (χ3n) is 4.31. The van der Waals surface area contributed by atoms with E-state index >= 15 is 0 Å². The van der Waals surface area contributed by atoms with E-state index < -0.39 is 10.8 Å². The van der Waals surface area contributed by atoms with E-state index in [1.165, 1.54) is 7.11 Å². The van der Waals surface area contributed by atoms with Crippen molar-refractivity contribution >= 4 is 22.7 Å². The lowest BCUT2D eigenvalue weighted by Gasteiger charge is -2.32. The van der Waals surface area contributed by atoms with Gasteiger partial charge in [-0.2, -0.15) is 0 Å². The summed E-state index contributed by atoms with van der Waals surface area (Å²) in [7, 11) is 2.20. The predicted octanol–water partition coefficient (Wildman–Crippen LogP) is -0.148. The molecule has 0 bridgehead atoms. The topological polar surface area (TPSA) is 66.9 Å². The maximum atomic E-state index is 12.2. The largest absolute Gasteiger partial charge is 0.469 e. The standard InChI is InChI=1S/C14H24N2O4S/c1-15-5-7-16(8-6-15)12(17)10-21(19)11-14(3-4-14)9-13(18)20-2/h3-11H2,1-2H3. The molecule has 1 heterocycles. The first kappa shape index (κ1) is 16.4. The van der Waals surface area contributed by atoms with Gasteiger partial charge in [0, 0.05) is 42.7 Å². The molecule has 2 fully saturated rings. The minimum atomic E-state index is -1.20. The minimum absolute atomic E-state index is 0.0321. The summed E-state index contributed by atoms with van der Waals surface area (Å²) in [6.07, 6.45) is 2.12. The molecule has 0 aromatic heterocycles. The number of carbonyl (C=O) groups is 2. The first-order valence-corrected chi connectivity index (χ1v) is 8.81. The van der Waals surface area contributed by atoms with E-state index in [9.17, 15) is 13.8 Å². The Morgan fingerprint density at radius 1 is 1.19 bits per heavy atom. The molecule has 6 nitrogen and oxygen atoms in total. The first-order chi connectivity index (χ1) is 9.94. The number of nitrogens with zero attached hydrogens (tertiary/aromatic N) is 2. The van der Waals surface area contributed by atoms with Crippen molar-refractivity contribution in [1.82, 2.24) is 9.80 Å². The Hall–Kier alpha value is -0.950. The predicted molar refractivity (Wildman–Crippen MR) is 80.3 cm³/mol. The monoisotopic (exact) mass is 316 g/mol. The van der Waals surface area contributed by atoms with Crippen LogP contribution in [0.3, 0.4) is 0 Å². The van der Waals surface area contributed by atoms with Crippen LogP contribution in [0.15, 0.2) is 0 Å². The van der Waals surface area contributed by atoms with Gasteiger partial charge in [-0.1, -0.05) is 0 Å². The molecule has 1 aliphatic carbocycles. The Morgan fingerprint density at radius 2 is 1.81 bits per heavy atom. The van der Waals surface area contributed by atoms with E-state index in [-0.39, 0.29) is 23.0 Å². The normalized spacial score (nSPS) is 22.7. The van der Waals surface area contributed by atoms with Gasteiger partial charge in [0.25, 0.3) is 0 Å². The van der Waals surface area contributed by atoms with Crippen LogP contribution in [0.25, 0.3) is 0 Å². The number of ether oxygens (including phenoxy) is 1. The van der Waals surface area contributed by atoms with E-state index in [1.807, 2.05) is 7.05 Å². The van der Waals surface area contributed by atoms with Crippen LogP contribution in [-0.4, -0.2) is 77.7 Å². The van der Waals surface area contributed by atoms with Gasteiger partial charge in [-0.05, 0) is 25.3 Å². The van der Waals surface area contributed by atoms with Gasteiger partial charge in [0.1, 0.15) is 5.75 Å². The fourth-order valence-electron chi connectivity index (χ4n) is 2.60. The lowest BCUT2D eigenvalue weighted by Crippen LogP contribution is -2.48. The van der Waals surface area contributed by atoms with Gasteiger partial charge in [-0.15, -0.1) is 0 Å². The minimum Gasteiger partial charge on any atom is -0.469 e. The summed E-state index contributed by atoms with van der Waals surface area (Å²) in [6.45, 7) is 3.15. The maximum absolute atomic E-state index is 12.2. The molecule has 0 spiro atoms. The van der Waals surface area contributed by atoms with Gasteiger partial charge in [0.2, 0.25) is 5.91 Å². The van der Waals surface area contributed by atoms with Crippen LogP contribution in [0.1, 0.15) is 19.3 Å². The summed E-state index contributed by atoms with van der Waals surface area (Å²) in [5.74, 6) is 0.221. The van der Waals surface area contributed by atoms with Crippen LogP contribution in [0.4, 0.5) is 0 Å². The van der Waals surface area contributed by atoms with Crippen molar-refractivity contribution in [3.8, 4) is 0 Å². The van der Waals surface area contributed by atoms with Crippen molar-refractivity contribution in [3.63, 3.8) is 0 Å². The SMILES string of the molecule is COC(=O)CC1(CS(=O)CC(=O)N2CCN(C)CC2)CC1. The Kier molecular flexibility index (Phi) is 5.37. The van der Waals surface area contributed by atoms with Crippen molar-refractivity contribution in [3.05, 3.63) is 0 Å². The molecule has 1 unspecified atom stereocenters. The molecule has 0 N–H and O–H groups in total. The zero-order valence-electron chi connectivity index (χ0n) is 12.8. The zero-order chi connectivity index (χ0) is 15.5. The molecule has 120 valence electrons. The van der Waals surface area contributed by atoms with Crippen LogP contribution >= 0.6 is 0 Å². The number of amides is 1. The van der Waals surface area contributed by atoms with Crippen molar-refractivity contribution in [2.75, 3.05) is 51.8 Å². The molecule has 1 aliphatic heterocycles. The van der Waals surface area contributed by atoms with Crippen molar-refractivity contribution in [2.45, 2.75) is 19.3 Å². The van der Waals surface area contributed by atoms with Crippen molar-refractivity contribution < 1.29 is 18.5 Å². The Bertz CT molecular complexity index is 429. The Morgan fingerprint density at radius 3 is 2.33 bits per heavy atom. The van der Waals surface area contributed by atoms with Crippen LogP contribution in [0.2, 0.25) is 0 Å². The molecule has 2 aliphatic rings. The summed E-state index contributed by atoms with van der Waals surface area (Å²) in [6, 6.07) is 0. The molecule has 1 saturated heterocycles. The molecular formula is C14H24N2O4S.